The number of methoxy groups -OCH3 is 1. The monoisotopic (exact) mass is 509 g/mol. The molecule has 3 rings (SSSR count). The number of ketones is 1. The Morgan fingerprint density at radius 3 is 1.97 bits per heavy atom. The minimum Gasteiger partial charge on any atom is -0.497 e. The van der Waals surface area contributed by atoms with Gasteiger partial charge in [-0.1, -0.05) is 56.3 Å². The highest BCUT2D eigenvalue weighted by Gasteiger charge is 2.50. The Morgan fingerprint density at radius 1 is 0.892 bits per heavy atom. The highest BCUT2D eigenvalue weighted by molar-refractivity contribution is 5.98. The Bertz CT molecular complexity index is 1050. The van der Waals surface area contributed by atoms with Crippen LogP contribution >= 0.6 is 0 Å². The topological polar surface area (TPSA) is 109 Å². The van der Waals surface area contributed by atoms with E-state index in [9.17, 15) is 14.4 Å². The molecule has 0 spiro atoms. The van der Waals surface area contributed by atoms with Gasteiger partial charge in [0.15, 0.2) is 5.78 Å². The van der Waals surface area contributed by atoms with Crippen LogP contribution in [0.2, 0.25) is 0 Å². The molecule has 0 radical (unpaired) electrons. The van der Waals surface area contributed by atoms with Crippen LogP contribution in [0.5, 0.6) is 5.75 Å². The smallest absolute Gasteiger partial charge is 0.243 e. The molecule has 0 aromatic heterocycles. The first kappa shape index (κ1) is 28.3. The van der Waals surface area contributed by atoms with Crippen molar-refractivity contribution in [3.8, 4) is 5.75 Å². The van der Waals surface area contributed by atoms with E-state index in [1.54, 1.807) is 21.1 Å². The zero-order valence-electron chi connectivity index (χ0n) is 22.4. The molecule has 2 amide bonds. The van der Waals surface area contributed by atoms with E-state index in [0.717, 1.165) is 16.9 Å². The van der Waals surface area contributed by atoms with Crippen LogP contribution in [0.25, 0.3) is 0 Å². The molecule has 2 aromatic rings. The first-order chi connectivity index (χ1) is 17.6. The summed E-state index contributed by atoms with van der Waals surface area (Å²) in [5.74, 6) is 0.118. The van der Waals surface area contributed by atoms with E-state index >= 15 is 0 Å². The molecule has 1 saturated heterocycles. The summed E-state index contributed by atoms with van der Waals surface area (Å²) in [5.41, 5.74) is 1.02. The van der Waals surface area contributed by atoms with E-state index in [-0.39, 0.29) is 23.5 Å². The summed E-state index contributed by atoms with van der Waals surface area (Å²) in [6.07, 6.45) is 1.23. The first-order valence-electron chi connectivity index (χ1n) is 12.8. The molecule has 1 fully saturated rings. The first-order valence-corrected chi connectivity index (χ1v) is 12.8. The molecule has 4 atom stereocenters. The zero-order chi connectivity index (χ0) is 27.0. The van der Waals surface area contributed by atoms with Crippen LogP contribution in [0, 0.1) is 5.92 Å². The minimum atomic E-state index is -0.850. The van der Waals surface area contributed by atoms with Gasteiger partial charge in [-0.3, -0.25) is 14.4 Å². The molecule has 2 unspecified atom stereocenters. The van der Waals surface area contributed by atoms with E-state index in [2.05, 4.69) is 16.0 Å². The maximum absolute atomic E-state index is 13.5. The van der Waals surface area contributed by atoms with Crippen molar-refractivity contribution >= 4 is 17.6 Å². The Labute approximate surface area is 219 Å². The Hall–Kier alpha value is -3.23. The number of benzene rings is 2. The zero-order valence-corrected chi connectivity index (χ0v) is 22.4. The quantitative estimate of drug-likeness (QED) is 0.338. The predicted molar refractivity (Wildman–Crippen MR) is 142 cm³/mol. The number of Topliss-reactive ketones (excluding diaryl/α,β-unsaturated/α-hetero) is 1. The summed E-state index contributed by atoms with van der Waals surface area (Å²) in [6, 6.07) is 14.9. The number of hydrogen-bond donors (Lipinski definition) is 3. The van der Waals surface area contributed by atoms with Crippen LogP contribution in [0.4, 0.5) is 0 Å². The minimum absolute atomic E-state index is 0.132. The molecule has 1 aliphatic heterocycles. The summed E-state index contributed by atoms with van der Waals surface area (Å²) < 4.78 is 10.6. The van der Waals surface area contributed by atoms with Gasteiger partial charge in [0.1, 0.15) is 17.4 Å². The summed E-state index contributed by atoms with van der Waals surface area (Å²) in [5, 5.41) is 8.91. The van der Waals surface area contributed by atoms with Crippen LogP contribution < -0.4 is 20.7 Å². The van der Waals surface area contributed by atoms with Gasteiger partial charge in [-0.05, 0) is 56.0 Å². The molecule has 3 N–H and O–H groups in total. The Kier molecular flexibility index (Phi) is 9.83. The number of carbonyl (C=O) groups is 3. The van der Waals surface area contributed by atoms with Crippen molar-refractivity contribution in [2.45, 2.75) is 63.8 Å². The summed E-state index contributed by atoms with van der Waals surface area (Å²) in [6.45, 7) is 6.11. The average Bonchev–Trinajstić information content (AvgIpc) is 3.64. The predicted octanol–water partition coefficient (Wildman–Crippen LogP) is 2.44. The fourth-order valence-electron chi connectivity index (χ4n) is 4.25. The van der Waals surface area contributed by atoms with Crippen LogP contribution in [0.1, 0.15) is 38.3 Å². The highest BCUT2D eigenvalue weighted by atomic mass is 16.6. The molecule has 1 heterocycles. The summed E-state index contributed by atoms with van der Waals surface area (Å²) >= 11 is 0. The van der Waals surface area contributed by atoms with E-state index in [0.29, 0.717) is 25.9 Å². The normalized spacial score (nSPS) is 19.0. The van der Waals surface area contributed by atoms with Crippen LogP contribution in [-0.2, 0) is 32.0 Å². The van der Waals surface area contributed by atoms with Gasteiger partial charge in [-0.25, -0.2) is 0 Å². The third-order valence-electron chi connectivity index (χ3n) is 6.62. The van der Waals surface area contributed by atoms with Gasteiger partial charge in [0.05, 0.1) is 25.8 Å². The van der Waals surface area contributed by atoms with Crippen molar-refractivity contribution < 1.29 is 23.9 Å². The standard InChI is InChI=1S/C29H39N3O5/c1-19(2)15-23(26(33)29(3)18-37-29)31-28(35)25(17-20-9-7-6-8-10-20)32-27(34)24(30-4)16-21-11-13-22(36-5)14-12-21/h6-14,19,23-25,30H,15-18H2,1-5H3,(H,31,35)(H,32,34)/t23?,24?,25-,29+/m0/s1. The largest absolute Gasteiger partial charge is 0.497 e. The van der Waals surface area contributed by atoms with Gasteiger partial charge in [-0.2, -0.15) is 0 Å². The average molecular weight is 510 g/mol. The van der Waals surface area contributed by atoms with Crippen molar-refractivity contribution in [1.82, 2.24) is 16.0 Å². The number of rotatable bonds is 14. The molecule has 1 aliphatic rings. The second-order valence-corrected chi connectivity index (χ2v) is 10.2. The van der Waals surface area contributed by atoms with Gasteiger partial charge in [-0.15, -0.1) is 0 Å². The van der Waals surface area contributed by atoms with Gasteiger partial charge >= 0.3 is 0 Å². The fourth-order valence-corrected chi connectivity index (χ4v) is 4.25. The van der Waals surface area contributed by atoms with Crippen LogP contribution in [0.3, 0.4) is 0 Å². The molecule has 200 valence electrons. The van der Waals surface area contributed by atoms with Gasteiger partial charge in [0.25, 0.3) is 0 Å². The molecule has 0 aliphatic carbocycles. The molecule has 0 saturated carbocycles. The van der Waals surface area contributed by atoms with Gasteiger partial charge < -0.3 is 25.4 Å². The van der Waals surface area contributed by atoms with Crippen molar-refractivity contribution in [3.05, 3.63) is 65.7 Å². The summed E-state index contributed by atoms with van der Waals surface area (Å²) in [7, 11) is 3.32. The van der Waals surface area contributed by atoms with E-state index < -0.39 is 23.7 Å². The molecular formula is C29H39N3O5. The van der Waals surface area contributed by atoms with Crippen LogP contribution in [-0.4, -0.2) is 62.1 Å². The third-order valence-corrected chi connectivity index (χ3v) is 6.62. The second-order valence-electron chi connectivity index (χ2n) is 10.2. The van der Waals surface area contributed by atoms with Crippen LogP contribution in [0.15, 0.2) is 54.6 Å². The van der Waals surface area contributed by atoms with E-state index in [1.165, 1.54) is 0 Å². The lowest BCUT2D eigenvalue weighted by atomic mass is 9.93. The summed E-state index contributed by atoms with van der Waals surface area (Å²) in [4.78, 5) is 39.9. The highest BCUT2D eigenvalue weighted by Crippen LogP contribution is 2.29. The van der Waals surface area contributed by atoms with E-state index in [1.807, 2.05) is 68.4 Å². The van der Waals surface area contributed by atoms with Gasteiger partial charge in [0.2, 0.25) is 11.8 Å². The molecule has 8 heteroatoms. The van der Waals surface area contributed by atoms with Crippen molar-refractivity contribution in [2.75, 3.05) is 20.8 Å². The van der Waals surface area contributed by atoms with Crippen molar-refractivity contribution in [2.24, 2.45) is 5.92 Å². The number of ether oxygens (including phenoxy) is 2. The lowest BCUT2D eigenvalue weighted by Gasteiger charge is -2.26. The SMILES string of the molecule is CNC(Cc1ccc(OC)cc1)C(=O)N[C@@H](Cc1ccccc1)C(=O)NC(CC(C)C)C(=O)[C@@]1(C)CO1. The number of hydrogen-bond acceptors (Lipinski definition) is 6. The number of likely N-dealkylation sites (N-methyl/N-ethyl adjacent to an activating group) is 1. The maximum atomic E-state index is 13.5. The molecule has 37 heavy (non-hydrogen) atoms. The molecule has 0 bridgehead atoms. The number of nitrogens with one attached hydrogen (secondary N) is 3. The maximum Gasteiger partial charge on any atom is 0.243 e. The second kappa shape index (κ2) is 12.8. The Balaban J connectivity index is 1.76. The van der Waals surface area contributed by atoms with E-state index in [4.69, 9.17) is 9.47 Å². The van der Waals surface area contributed by atoms with Crippen molar-refractivity contribution in [1.29, 1.82) is 0 Å². The lowest BCUT2D eigenvalue weighted by molar-refractivity contribution is -0.133. The fraction of sp³-hybridized carbons (Fsp3) is 0.483. The lowest BCUT2D eigenvalue weighted by Crippen LogP contribution is -2.57. The molecular weight excluding hydrogens is 470 g/mol. The molecule has 2 aromatic carbocycles. The van der Waals surface area contributed by atoms with Crippen molar-refractivity contribution in [3.63, 3.8) is 0 Å². The third kappa shape index (κ3) is 8.13. The van der Waals surface area contributed by atoms with Gasteiger partial charge in [0, 0.05) is 6.42 Å². The number of amides is 2. The number of carbonyl (C=O) groups excluding carboxylic acids is 3. The Morgan fingerprint density at radius 2 is 1.43 bits per heavy atom. The number of epoxide rings is 1. The molecule has 8 nitrogen and oxygen atoms in total.